The van der Waals surface area contributed by atoms with Crippen LogP contribution in [0.15, 0.2) is 30.6 Å². The number of likely N-dealkylation sites (tertiary alicyclic amines) is 1. The highest BCUT2D eigenvalue weighted by Gasteiger charge is 2.52. The summed E-state index contributed by atoms with van der Waals surface area (Å²) < 4.78 is 22.5. The SMILES string of the molecule is Cn1cnc(C2CC3CC(O)(c4cc(N)nn4C4CN(C(=O)OC(C)(C)C)C4)CC3C2)c1C(=O)Nc1ccc(F)c(Cl)c1. The highest BCUT2D eigenvalue weighted by Crippen LogP contribution is 2.57. The number of anilines is 2. The first kappa shape index (κ1) is 29.4. The molecule has 3 aromatic rings. The molecular weight excluding hydrogens is 577 g/mol. The van der Waals surface area contributed by atoms with Crippen LogP contribution < -0.4 is 11.1 Å². The zero-order valence-electron chi connectivity index (χ0n) is 24.7. The smallest absolute Gasteiger partial charge is 0.410 e. The van der Waals surface area contributed by atoms with E-state index in [0.29, 0.717) is 48.8 Å². The van der Waals surface area contributed by atoms with E-state index in [1.165, 1.54) is 18.2 Å². The Morgan fingerprint density at radius 2 is 1.86 bits per heavy atom. The number of nitrogens with one attached hydrogen (secondary N) is 1. The molecule has 0 radical (unpaired) electrons. The molecular formula is C30H37ClFN7O4. The van der Waals surface area contributed by atoms with Crippen LogP contribution in [0.3, 0.4) is 0 Å². The van der Waals surface area contributed by atoms with E-state index < -0.39 is 17.0 Å². The van der Waals surface area contributed by atoms with Gasteiger partial charge in [0.1, 0.15) is 28.5 Å². The number of fused-ring (bicyclic) bond motifs is 1. The predicted molar refractivity (Wildman–Crippen MR) is 158 cm³/mol. The van der Waals surface area contributed by atoms with Crippen LogP contribution in [0.4, 0.5) is 20.7 Å². The Morgan fingerprint density at radius 3 is 2.49 bits per heavy atom. The maximum atomic E-state index is 13.6. The molecule has 2 saturated carbocycles. The first-order valence-corrected chi connectivity index (χ1v) is 14.9. The molecule has 2 aliphatic carbocycles. The number of ether oxygens (including phenoxy) is 1. The maximum absolute atomic E-state index is 13.6. The van der Waals surface area contributed by atoms with Gasteiger partial charge in [-0.3, -0.25) is 9.48 Å². The van der Waals surface area contributed by atoms with E-state index in [4.69, 9.17) is 22.1 Å². The lowest BCUT2D eigenvalue weighted by atomic mass is 9.89. The summed E-state index contributed by atoms with van der Waals surface area (Å²) in [5.74, 6) is -0.0462. The van der Waals surface area contributed by atoms with Crippen molar-refractivity contribution in [3.05, 3.63) is 58.5 Å². The van der Waals surface area contributed by atoms with Gasteiger partial charge in [0, 0.05) is 37.8 Å². The Balaban J connectivity index is 1.13. The molecule has 6 rings (SSSR count). The van der Waals surface area contributed by atoms with Gasteiger partial charge in [-0.05, 0) is 76.5 Å². The Kier molecular flexibility index (Phi) is 7.20. The van der Waals surface area contributed by atoms with Crippen molar-refractivity contribution < 1.29 is 23.8 Å². The Hall–Kier alpha value is -3.64. The van der Waals surface area contributed by atoms with Crippen molar-refractivity contribution in [1.82, 2.24) is 24.2 Å². The predicted octanol–water partition coefficient (Wildman–Crippen LogP) is 4.83. The third-order valence-electron chi connectivity index (χ3n) is 8.88. The molecule has 0 bridgehead atoms. The van der Waals surface area contributed by atoms with Crippen LogP contribution in [0, 0.1) is 17.7 Å². The number of benzene rings is 1. The molecule has 0 spiro atoms. The van der Waals surface area contributed by atoms with Gasteiger partial charge >= 0.3 is 6.09 Å². The number of rotatable bonds is 5. The zero-order chi connectivity index (χ0) is 30.8. The molecule has 3 aliphatic rings. The summed E-state index contributed by atoms with van der Waals surface area (Å²) in [6.45, 7) is 6.36. The van der Waals surface area contributed by atoms with Gasteiger partial charge in [-0.2, -0.15) is 5.10 Å². The second-order valence-electron chi connectivity index (χ2n) is 13.2. The van der Waals surface area contributed by atoms with Crippen LogP contribution in [0.5, 0.6) is 0 Å². The summed E-state index contributed by atoms with van der Waals surface area (Å²) >= 11 is 5.89. The minimum atomic E-state index is -1.09. The van der Waals surface area contributed by atoms with E-state index >= 15 is 0 Å². The number of nitrogens with zero attached hydrogens (tertiary/aromatic N) is 5. The van der Waals surface area contributed by atoms with Crippen molar-refractivity contribution in [2.24, 2.45) is 18.9 Å². The molecule has 11 nitrogen and oxygen atoms in total. The third-order valence-corrected chi connectivity index (χ3v) is 9.17. The third kappa shape index (κ3) is 5.58. The molecule has 4 N–H and O–H groups in total. The number of hydrogen-bond donors (Lipinski definition) is 3. The quantitative estimate of drug-likeness (QED) is 0.374. The van der Waals surface area contributed by atoms with Gasteiger partial charge < -0.3 is 30.4 Å². The summed E-state index contributed by atoms with van der Waals surface area (Å²) in [7, 11) is 1.77. The summed E-state index contributed by atoms with van der Waals surface area (Å²) in [6, 6.07) is 5.71. The molecule has 3 heterocycles. The molecule has 2 atom stereocenters. The normalized spacial score (nSPS) is 25.5. The number of aryl methyl sites for hydroxylation is 1. The number of halogens is 2. The fourth-order valence-corrected chi connectivity index (χ4v) is 7.19. The van der Waals surface area contributed by atoms with E-state index in [1.807, 2.05) is 20.8 Å². The van der Waals surface area contributed by atoms with Crippen LogP contribution in [-0.4, -0.2) is 60.0 Å². The molecule has 1 aliphatic heterocycles. The number of hydrogen-bond acceptors (Lipinski definition) is 7. The van der Waals surface area contributed by atoms with Crippen LogP contribution in [0.25, 0.3) is 0 Å². The summed E-state index contributed by atoms with van der Waals surface area (Å²) in [6.07, 6.45) is 3.93. The van der Waals surface area contributed by atoms with Crippen LogP contribution in [-0.2, 0) is 17.4 Å². The van der Waals surface area contributed by atoms with E-state index in [0.717, 1.165) is 18.5 Å². The molecule has 3 fully saturated rings. The fraction of sp³-hybridized carbons (Fsp3) is 0.533. The second kappa shape index (κ2) is 10.5. The molecule has 43 heavy (non-hydrogen) atoms. The lowest BCUT2D eigenvalue weighted by molar-refractivity contribution is -0.00774. The average Bonchev–Trinajstić information content (AvgIpc) is 3.61. The average molecular weight is 614 g/mol. The van der Waals surface area contributed by atoms with E-state index in [2.05, 4.69) is 15.4 Å². The highest BCUT2D eigenvalue weighted by molar-refractivity contribution is 6.31. The lowest BCUT2D eigenvalue weighted by Gasteiger charge is -2.41. The number of aromatic nitrogens is 4. The standard InChI is InChI=1S/C30H37ClFN7O4/c1-29(2,3)43-28(41)38-13-20(14-38)39-23(10-24(33)36-39)30(42)11-17-7-16(8-18(17)12-30)25-26(37(4)15-34-25)27(40)35-19-5-6-22(32)21(31)9-19/h5-6,9-10,15-18,20,42H,7-8,11-14H2,1-4H3,(H2,33,36)(H,35,40). The van der Waals surface area contributed by atoms with E-state index in [1.54, 1.807) is 33.6 Å². The van der Waals surface area contributed by atoms with Crippen molar-refractivity contribution in [2.45, 2.75) is 69.6 Å². The Morgan fingerprint density at radius 1 is 1.19 bits per heavy atom. The minimum Gasteiger partial charge on any atom is -0.444 e. The molecule has 2 amide bonds. The summed E-state index contributed by atoms with van der Waals surface area (Å²) in [4.78, 5) is 31.9. The summed E-state index contributed by atoms with van der Waals surface area (Å²) in [5, 5.41) is 19.2. The van der Waals surface area contributed by atoms with Gasteiger partial charge in [0.15, 0.2) is 0 Å². The first-order valence-electron chi connectivity index (χ1n) is 14.5. The van der Waals surface area contributed by atoms with Gasteiger partial charge in [0.05, 0.1) is 28.8 Å². The zero-order valence-corrected chi connectivity index (χ0v) is 25.4. The van der Waals surface area contributed by atoms with Crippen LogP contribution in [0.2, 0.25) is 5.02 Å². The second-order valence-corrected chi connectivity index (χ2v) is 13.6. The number of imidazole rings is 1. The van der Waals surface area contributed by atoms with E-state index in [-0.39, 0.29) is 40.8 Å². The molecule has 13 heteroatoms. The molecule has 230 valence electrons. The number of carbonyl (C=O) groups is 2. The Bertz CT molecular complexity index is 1560. The Labute approximate surface area is 254 Å². The molecule has 1 aromatic carbocycles. The van der Waals surface area contributed by atoms with Gasteiger partial charge in [-0.15, -0.1) is 0 Å². The highest BCUT2D eigenvalue weighted by atomic mass is 35.5. The number of nitrogen functional groups attached to an aromatic ring is 1. The lowest BCUT2D eigenvalue weighted by Crippen LogP contribution is -2.53. The molecule has 2 unspecified atom stereocenters. The molecule has 1 saturated heterocycles. The number of carbonyl (C=O) groups excluding carboxylic acids is 2. The van der Waals surface area contributed by atoms with Gasteiger partial charge in [0.2, 0.25) is 0 Å². The van der Waals surface area contributed by atoms with Crippen molar-refractivity contribution in [3.8, 4) is 0 Å². The topological polar surface area (TPSA) is 141 Å². The van der Waals surface area contributed by atoms with Gasteiger partial charge in [-0.25, -0.2) is 14.2 Å². The monoisotopic (exact) mass is 613 g/mol. The van der Waals surface area contributed by atoms with Crippen LogP contribution >= 0.6 is 11.6 Å². The van der Waals surface area contributed by atoms with E-state index in [9.17, 15) is 19.1 Å². The molecule has 2 aromatic heterocycles. The van der Waals surface area contributed by atoms with Crippen molar-refractivity contribution in [3.63, 3.8) is 0 Å². The number of aliphatic hydroxyl groups is 1. The van der Waals surface area contributed by atoms with Crippen molar-refractivity contribution >= 4 is 35.1 Å². The number of nitrogens with two attached hydrogens (primary N) is 1. The van der Waals surface area contributed by atoms with Crippen molar-refractivity contribution in [1.29, 1.82) is 0 Å². The van der Waals surface area contributed by atoms with Crippen LogP contribution in [0.1, 0.15) is 80.3 Å². The fourth-order valence-electron chi connectivity index (χ4n) is 7.01. The van der Waals surface area contributed by atoms with Crippen molar-refractivity contribution in [2.75, 3.05) is 24.1 Å². The van der Waals surface area contributed by atoms with Gasteiger partial charge in [-0.1, -0.05) is 11.6 Å². The number of amides is 2. The summed E-state index contributed by atoms with van der Waals surface area (Å²) in [5.41, 5.74) is 6.69. The minimum absolute atomic E-state index is 0.0577. The first-order chi connectivity index (χ1) is 20.2. The largest absolute Gasteiger partial charge is 0.444 e. The maximum Gasteiger partial charge on any atom is 0.410 e. The van der Waals surface area contributed by atoms with Gasteiger partial charge in [0.25, 0.3) is 5.91 Å².